The fourth-order valence-corrected chi connectivity index (χ4v) is 2.12. The Morgan fingerprint density at radius 2 is 1.88 bits per heavy atom. The Hall–Kier alpha value is -2.16. The minimum atomic E-state index is 0. The van der Waals surface area contributed by atoms with E-state index in [4.69, 9.17) is 15.2 Å². The summed E-state index contributed by atoms with van der Waals surface area (Å²) in [4.78, 5) is 4.27. The molecule has 0 amide bonds. The number of phenols is 1. The van der Waals surface area contributed by atoms with Crippen LogP contribution >= 0.6 is 24.0 Å². The third kappa shape index (κ3) is 5.80. The number of rotatable bonds is 6. The van der Waals surface area contributed by atoms with Crippen molar-refractivity contribution in [3.63, 3.8) is 0 Å². The Morgan fingerprint density at radius 3 is 2.54 bits per heavy atom. The summed E-state index contributed by atoms with van der Waals surface area (Å²) in [5.74, 6) is 1.84. The van der Waals surface area contributed by atoms with Crippen LogP contribution in [-0.4, -0.2) is 31.8 Å². The number of guanidine groups is 1. The van der Waals surface area contributed by atoms with Crippen molar-refractivity contribution in [2.75, 3.05) is 26.1 Å². The number of hydrogen-bond acceptors (Lipinski definition) is 4. The van der Waals surface area contributed by atoms with Gasteiger partial charge in [0.05, 0.1) is 14.2 Å². The number of aromatic hydroxyl groups is 1. The van der Waals surface area contributed by atoms with Crippen molar-refractivity contribution in [1.82, 2.24) is 0 Å². The molecule has 6 nitrogen and oxygen atoms in total. The smallest absolute Gasteiger partial charge is 0.193 e. The van der Waals surface area contributed by atoms with E-state index in [1.165, 1.54) is 0 Å². The Balaban J connectivity index is 0.00000288. The number of nitrogens with zero attached hydrogens (tertiary/aromatic N) is 1. The summed E-state index contributed by atoms with van der Waals surface area (Å²) in [6.07, 6.45) is 0.697. The first-order valence-electron chi connectivity index (χ1n) is 7.19. The second kappa shape index (κ2) is 9.86. The number of hydrogen-bond donors (Lipinski definition) is 3. The fraction of sp³-hybridized carbons (Fsp3) is 0.235. The standard InChI is InChI=1S/C17H21N3O3.HI/c1-22-15-7-6-13(11-16(15)23-2)20-17(18)19-9-8-12-4-3-5-14(21)10-12;/h3-7,10-11,21H,8-9H2,1-2H3,(H3,18,19,20);1H. The number of halogens is 1. The van der Waals surface area contributed by atoms with Crippen molar-refractivity contribution in [3.05, 3.63) is 48.0 Å². The molecule has 0 saturated carbocycles. The van der Waals surface area contributed by atoms with Gasteiger partial charge in [-0.15, -0.1) is 24.0 Å². The average molecular weight is 443 g/mol. The Labute approximate surface area is 158 Å². The lowest BCUT2D eigenvalue weighted by atomic mass is 10.1. The van der Waals surface area contributed by atoms with Gasteiger partial charge in [0.15, 0.2) is 17.5 Å². The molecule has 2 aromatic carbocycles. The van der Waals surface area contributed by atoms with Crippen LogP contribution in [0, 0.1) is 0 Å². The second-order valence-electron chi connectivity index (χ2n) is 4.88. The summed E-state index contributed by atoms with van der Waals surface area (Å²) in [7, 11) is 3.16. The van der Waals surface area contributed by atoms with Crippen LogP contribution in [0.15, 0.2) is 47.5 Å². The summed E-state index contributed by atoms with van der Waals surface area (Å²) in [5.41, 5.74) is 7.65. The summed E-state index contributed by atoms with van der Waals surface area (Å²) in [6.45, 7) is 0.523. The molecule has 4 N–H and O–H groups in total. The molecular formula is C17H22IN3O3. The maximum atomic E-state index is 9.41. The number of phenolic OH excluding ortho intramolecular Hbond substituents is 1. The van der Waals surface area contributed by atoms with Crippen LogP contribution in [0.2, 0.25) is 0 Å². The molecular weight excluding hydrogens is 421 g/mol. The highest BCUT2D eigenvalue weighted by atomic mass is 127. The maximum Gasteiger partial charge on any atom is 0.193 e. The quantitative estimate of drug-likeness (QED) is 0.363. The van der Waals surface area contributed by atoms with Crippen molar-refractivity contribution in [1.29, 1.82) is 0 Å². The SMILES string of the molecule is COc1ccc(NC(N)=NCCc2cccc(O)c2)cc1OC.I. The van der Waals surface area contributed by atoms with Gasteiger partial charge in [-0.3, -0.25) is 4.99 Å². The summed E-state index contributed by atoms with van der Waals surface area (Å²) >= 11 is 0. The van der Waals surface area contributed by atoms with Gasteiger partial charge in [-0.25, -0.2) is 0 Å². The molecule has 0 bridgehead atoms. The van der Waals surface area contributed by atoms with Gasteiger partial charge in [0, 0.05) is 18.3 Å². The lowest BCUT2D eigenvalue weighted by Crippen LogP contribution is -2.23. The third-order valence-corrected chi connectivity index (χ3v) is 3.25. The van der Waals surface area contributed by atoms with Gasteiger partial charge in [0.2, 0.25) is 0 Å². The molecule has 0 aliphatic heterocycles. The molecule has 2 rings (SSSR count). The van der Waals surface area contributed by atoms with Crippen LogP contribution in [0.5, 0.6) is 17.2 Å². The van der Waals surface area contributed by atoms with Gasteiger partial charge in [-0.05, 0) is 36.2 Å². The van der Waals surface area contributed by atoms with Crippen LogP contribution in [0.1, 0.15) is 5.56 Å². The Kier molecular flexibility index (Phi) is 8.17. The molecule has 0 radical (unpaired) electrons. The first-order valence-corrected chi connectivity index (χ1v) is 7.19. The Bertz CT molecular complexity index is 693. The largest absolute Gasteiger partial charge is 0.508 e. The summed E-state index contributed by atoms with van der Waals surface area (Å²) in [6, 6.07) is 12.5. The third-order valence-electron chi connectivity index (χ3n) is 3.25. The monoisotopic (exact) mass is 443 g/mol. The van der Waals surface area contributed by atoms with Crippen molar-refractivity contribution >= 4 is 35.6 Å². The minimum absolute atomic E-state index is 0. The molecule has 0 atom stereocenters. The van der Waals surface area contributed by atoms with E-state index in [0.29, 0.717) is 30.4 Å². The summed E-state index contributed by atoms with van der Waals surface area (Å²) in [5, 5.41) is 12.4. The molecule has 0 saturated heterocycles. The normalized spacial score (nSPS) is 10.7. The van der Waals surface area contributed by atoms with Gasteiger partial charge in [0.25, 0.3) is 0 Å². The van der Waals surface area contributed by atoms with E-state index in [1.807, 2.05) is 12.1 Å². The van der Waals surface area contributed by atoms with Crippen LogP contribution in [-0.2, 0) is 6.42 Å². The second-order valence-corrected chi connectivity index (χ2v) is 4.88. The molecule has 0 aromatic heterocycles. The van der Waals surface area contributed by atoms with Crippen LogP contribution in [0.25, 0.3) is 0 Å². The van der Waals surface area contributed by atoms with E-state index in [2.05, 4.69) is 10.3 Å². The van der Waals surface area contributed by atoms with E-state index in [0.717, 1.165) is 11.3 Å². The van der Waals surface area contributed by atoms with Gasteiger partial charge < -0.3 is 25.6 Å². The number of benzene rings is 2. The lowest BCUT2D eigenvalue weighted by Gasteiger charge is -2.11. The molecule has 0 unspecified atom stereocenters. The molecule has 0 aliphatic rings. The number of ether oxygens (including phenoxy) is 2. The highest BCUT2D eigenvalue weighted by molar-refractivity contribution is 14.0. The van der Waals surface area contributed by atoms with E-state index >= 15 is 0 Å². The molecule has 2 aromatic rings. The molecule has 0 fully saturated rings. The van der Waals surface area contributed by atoms with E-state index in [-0.39, 0.29) is 29.7 Å². The molecule has 24 heavy (non-hydrogen) atoms. The fourth-order valence-electron chi connectivity index (χ4n) is 2.12. The first-order chi connectivity index (χ1) is 11.1. The highest BCUT2D eigenvalue weighted by Crippen LogP contribution is 2.29. The topological polar surface area (TPSA) is 89.1 Å². The van der Waals surface area contributed by atoms with Crippen molar-refractivity contribution in [2.24, 2.45) is 10.7 Å². The van der Waals surface area contributed by atoms with Crippen molar-refractivity contribution < 1.29 is 14.6 Å². The minimum Gasteiger partial charge on any atom is -0.508 e. The maximum absolute atomic E-state index is 9.41. The van der Waals surface area contributed by atoms with Gasteiger partial charge in [-0.2, -0.15) is 0 Å². The molecule has 7 heteroatoms. The van der Waals surface area contributed by atoms with Gasteiger partial charge >= 0.3 is 0 Å². The zero-order valence-electron chi connectivity index (χ0n) is 13.7. The first kappa shape index (κ1) is 19.9. The number of nitrogens with two attached hydrogens (primary N) is 1. The number of aliphatic imine (C=N–C) groups is 1. The van der Waals surface area contributed by atoms with Crippen LogP contribution < -0.4 is 20.5 Å². The zero-order chi connectivity index (χ0) is 16.7. The lowest BCUT2D eigenvalue weighted by molar-refractivity contribution is 0.355. The van der Waals surface area contributed by atoms with Gasteiger partial charge in [0.1, 0.15) is 5.75 Å². The van der Waals surface area contributed by atoms with Crippen LogP contribution in [0.3, 0.4) is 0 Å². The van der Waals surface area contributed by atoms with Crippen molar-refractivity contribution in [2.45, 2.75) is 6.42 Å². The molecule has 0 heterocycles. The molecule has 130 valence electrons. The zero-order valence-corrected chi connectivity index (χ0v) is 16.0. The number of nitrogens with one attached hydrogen (secondary N) is 1. The molecule has 0 spiro atoms. The van der Waals surface area contributed by atoms with E-state index in [1.54, 1.807) is 44.6 Å². The van der Waals surface area contributed by atoms with E-state index in [9.17, 15) is 5.11 Å². The number of anilines is 1. The number of methoxy groups -OCH3 is 2. The summed E-state index contributed by atoms with van der Waals surface area (Å²) < 4.78 is 10.4. The molecule has 0 aliphatic carbocycles. The highest BCUT2D eigenvalue weighted by Gasteiger charge is 2.05. The van der Waals surface area contributed by atoms with E-state index < -0.39 is 0 Å². The van der Waals surface area contributed by atoms with Crippen molar-refractivity contribution in [3.8, 4) is 17.2 Å². The van der Waals surface area contributed by atoms with Crippen LogP contribution in [0.4, 0.5) is 5.69 Å². The predicted molar refractivity (Wildman–Crippen MR) is 107 cm³/mol. The Morgan fingerprint density at radius 1 is 1.12 bits per heavy atom. The average Bonchev–Trinajstić information content (AvgIpc) is 2.54. The van der Waals surface area contributed by atoms with Gasteiger partial charge in [-0.1, -0.05) is 12.1 Å². The predicted octanol–water partition coefficient (Wildman–Crippen LogP) is 3.00.